The summed E-state index contributed by atoms with van der Waals surface area (Å²) in [5.74, 6) is 0.705. The molecule has 0 bridgehead atoms. The van der Waals surface area contributed by atoms with Crippen LogP contribution in [0.1, 0.15) is 18.5 Å². The minimum atomic E-state index is -0.425. The van der Waals surface area contributed by atoms with Gasteiger partial charge in [0.2, 0.25) is 0 Å². The fourth-order valence-corrected chi connectivity index (χ4v) is 2.33. The zero-order valence-corrected chi connectivity index (χ0v) is 13.1. The summed E-state index contributed by atoms with van der Waals surface area (Å²) in [6, 6.07) is 13.7. The number of nitrogens with zero attached hydrogens (tertiary/aromatic N) is 1. The topological polar surface area (TPSA) is 84.6 Å². The Kier molecular flexibility index (Phi) is 5.54. The molecule has 0 saturated heterocycles. The van der Waals surface area contributed by atoms with Crippen LogP contribution in [0.25, 0.3) is 0 Å². The molecule has 0 spiro atoms. The molecular formula is C17H20N2O4. The second-order valence-electron chi connectivity index (χ2n) is 5.36. The molecule has 2 aromatic carbocycles. The van der Waals surface area contributed by atoms with E-state index in [0.29, 0.717) is 0 Å². The van der Waals surface area contributed by atoms with Gasteiger partial charge in [-0.25, -0.2) is 0 Å². The summed E-state index contributed by atoms with van der Waals surface area (Å²) in [5.41, 5.74) is 1.82. The molecule has 6 nitrogen and oxygen atoms in total. The third-order valence-electron chi connectivity index (χ3n) is 3.73. The van der Waals surface area contributed by atoms with E-state index in [9.17, 15) is 15.2 Å². The molecule has 0 aliphatic heterocycles. The van der Waals surface area contributed by atoms with Crippen molar-refractivity contribution in [1.29, 1.82) is 0 Å². The van der Waals surface area contributed by atoms with Crippen molar-refractivity contribution in [2.24, 2.45) is 5.92 Å². The Morgan fingerprint density at radius 1 is 1.17 bits per heavy atom. The molecule has 0 aliphatic rings. The molecule has 2 aromatic rings. The molecule has 0 radical (unpaired) electrons. The largest absolute Gasteiger partial charge is 0.497 e. The number of nitro benzene ring substituents is 1. The fourth-order valence-electron chi connectivity index (χ4n) is 2.33. The number of nitro groups is 1. The highest BCUT2D eigenvalue weighted by molar-refractivity contribution is 5.49. The molecule has 0 amide bonds. The maximum atomic E-state index is 10.8. The summed E-state index contributed by atoms with van der Waals surface area (Å²) in [6.07, 6.45) is 0. The number of non-ortho nitro benzene ring substituents is 1. The molecule has 0 aromatic heterocycles. The Labute approximate surface area is 134 Å². The Hall–Kier alpha value is -2.60. The number of nitrogens with one attached hydrogen (secondary N) is 1. The molecular weight excluding hydrogens is 296 g/mol. The third-order valence-corrected chi connectivity index (χ3v) is 3.73. The molecule has 0 aliphatic carbocycles. The van der Waals surface area contributed by atoms with E-state index < -0.39 is 4.92 Å². The zero-order chi connectivity index (χ0) is 16.8. The van der Waals surface area contributed by atoms with Crippen LogP contribution in [0, 0.1) is 16.0 Å². The molecule has 0 saturated carbocycles. The number of ether oxygens (including phenoxy) is 1. The van der Waals surface area contributed by atoms with Crippen molar-refractivity contribution in [2.75, 3.05) is 19.0 Å². The quantitative estimate of drug-likeness (QED) is 0.604. The minimum absolute atomic E-state index is 0.00477. The van der Waals surface area contributed by atoms with Crippen molar-refractivity contribution in [1.82, 2.24) is 0 Å². The van der Waals surface area contributed by atoms with Gasteiger partial charge in [-0.2, -0.15) is 0 Å². The monoisotopic (exact) mass is 316 g/mol. The van der Waals surface area contributed by atoms with E-state index in [2.05, 4.69) is 5.32 Å². The van der Waals surface area contributed by atoms with Crippen LogP contribution in [0.2, 0.25) is 0 Å². The second kappa shape index (κ2) is 7.60. The number of rotatable bonds is 7. The highest BCUT2D eigenvalue weighted by atomic mass is 16.6. The first-order valence-electron chi connectivity index (χ1n) is 7.31. The lowest BCUT2D eigenvalue weighted by Crippen LogP contribution is -2.21. The van der Waals surface area contributed by atoms with Crippen molar-refractivity contribution >= 4 is 11.4 Å². The van der Waals surface area contributed by atoms with Gasteiger partial charge in [0.25, 0.3) is 5.69 Å². The first kappa shape index (κ1) is 16.8. The van der Waals surface area contributed by atoms with E-state index in [-0.39, 0.29) is 24.3 Å². The van der Waals surface area contributed by atoms with Gasteiger partial charge in [0.05, 0.1) is 18.1 Å². The van der Waals surface area contributed by atoms with E-state index in [1.54, 1.807) is 19.2 Å². The summed E-state index contributed by atoms with van der Waals surface area (Å²) in [5, 5.41) is 23.6. The SMILES string of the molecule is COc1ccc(N[C@H](c2ccc([N+](=O)[O-])cc2)[C@H](C)CO)cc1. The van der Waals surface area contributed by atoms with Crippen molar-refractivity contribution in [3.63, 3.8) is 0 Å². The number of hydrogen-bond acceptors (Lipinski definition) is 5. The van der Waals surface area contributed by atoms with Gasteiger partial charge >= 0.3 is 0 Å². The fraction of sp³-hybridized carbons (Fsp3) is 0.294. The van der Waals surface area contributed by atoms with E-state index in [1.165, 1.54) is 12.1 Å². The smallest absolute Gasteiger partial charge is 0.269 e. The molecule has 6 heteroatoms. The van der Waals surface area contributed by atoms with Crippen LogP contribution in [0.3, 0.4) is 0 Å². The minimum Gasteiger partial charge on any atom is -0.497 e. The van der Waals surface area contributed by atoms with Crippen LogP contribution < -0.4 is 10.1 Å². The highest BCUT2D eigenvalue weighted by Gasteiger charge is 2.19. The number of aliphatic hydroxyl groups excluding tert-OH is 1. The van der Waals surface area contributed by atoms with Crippen molar-refractivity contribution in [3.05, 3.63) is 64.2 Å². The lowest BCUT2D eigenvalue weighted by molar-refractivity contribution is -0.384. The van der Waals surface area contributed by atoms with Crippen LogP contribution in [0.5, 0.6) is 5.75 Å². The van der Waals surface area contributed by atoms with Gasteiger partial charge in [-0.05, 0) is 29.8 Å². The van der Waals surface area contributed by atoms with Gasteiger partial charge in [0, 0.05) is 30.3 Å². The van der Waals surface area contributed by atoms with E-state index >= 15 is 0 Å². The third kappa shape index (κ3) is 4.20. The number of methoxy groups -OCH3 is 1. The van der Waals surface area contributed by atoms with Crippen molar-refractivity contribution < 1.29 is 14.8 Å². The first-order valence-corrected chi connectivity index (χ1v) is 7.31. The first-order chi connectivity index (χ1) is 11.0. The molecule has 0 fully saturated rings. The predicted molar refractivity (Wildman–Crippen MR) is 88.7 cm³/mol. The second-order valence-corrected chi connectivity index (χ2v) is 5.36. The van der Waals surface area contributed by atoms with Gasteiger partial charge in [-0.3, -0.25) is 10.1 Å². The average Bonchev–Trinajstić information content (AvgIpc) is 2.59. The Morgan fingerprint density at radius 2 is 1.78 bits per heavy atom. The number of hydrogen-bond donors (Lipinski definition) is 2. The normalized spacial score (nSPS) is 13.2. The number of anilines is 1. The lowest BCUT2D eigenvalue weighted by atomic mass is 9.94. The van der Waals surface area contributed by atoms with Gasteiger partial charge in [-0.1, -0.05) is 19.1 Å². The molecule has 2 atom stereocenters. The van der Waals surface area contributed by atoms with Crippen LogP contribution in [-0.2, 0) is 0 Å². The molecule has 122 valence electrons. The molecule has 0 heterocycles. The zero-order valence-electron chi connectivity index (χ0n) is 13.1. The lowest BCUT2D eigenvalue weighted by Gasteiger charge is -2.25. The van der Waals surface area contributed by atoms with Crippen LogP contribution in [0.4, 0.5) is 11.4 Å². The van der Waals surface area contributed by atoms with Crippen LogP contribution in [-0.4, -0.2) is 23.7 Å². The molecule has 0 unspecified atom stereocenters. The summed E-state index contributed by atoms with van der Waals surface area (Å²) < 4.78 is 5.13. The van der Waals surface area contributed by atoms with Crippen LogP contribution >= 0.6 is 0 Å². The number of aliphatic hydroxyl groups is 1. The van der Waals surface area contributed by atoms with E-state index in [4.69, 9.17) is 4.74 Å². The highest BCUT2D eigenvalue weighted by Crippen LogP contribution is 2.28. The van der Waals surface area contributed by atoms with Gasteiger partial charge in [0.1, 0.15) is 5.75 Å². The Morgan fingerprint density at radius 3 is 2.26 bits per heavy atom. The Bertz CT molecular complexity index is 641. The summed E-state index contributed by atoms with van der Waals surface area (Å²) in [6.45, 7) is 1.92. The maximum Gasteiger partial charge on any atom is 0.269 e. The Balaban J connectivity index is 2.23. The van der Waals surface area contributed by atoms with Gasteiger partial charge in [0.15, 0.2) is 0 Å². The van der Waals surface area contributed by atoms with Crippen molar-refractivity contribution in [2.45, 2.75) is 13.0 Å². The van der Waals surface area contributed by atoms with Gasteiger partial charge in [-0.15, -0.1) is 0 Å². The number of benzene rings is 2. The standard InChI is InChI=1S/C17H20N2O4/c1-12(11-20)17(13-3-7-15(8-4-13)19(21)22)18-14-5-9-16(23-2)10-6-14/h3-10,12,17-18,20H,11H2,1-2H3/t12-,17+/m1/s1. The summed E-state index contributed by atoms with van der Waals surface area (Å²) >= 11 is 0. The average molecular weight is 316 g/mol. The summed E-state index contributed by atoms with van der Waals surface area (Å²) in [7, 11) is 1.61. The molecule has 23 heavy (non-hydrogen) atoms. The van der Waals surface area contributed by atoms with Crippen LogP contribution in [0.15, 0.2) is 48.5 Å². The molecule has 2 rings (SSSR count). The van der Waals surface area contributed by atoms with Gasteiger partial charge < -0.3 is 15.2 Å². The maximum absolute atomic E-state index is 10.8. The van der Waals surface area contributed by atoms with E-state index in [1.807, 2.05) is 31.2 Å². The summed E-state index contributed by atoms with van der Waals surface area (Å²) in [4.78, 5) is 10.3. The molecule has 2 N–H and O–H groups in total. The predicted octanol–water partition coefficient (Wildman–Crippen LogP) is 3.39. The van der Waals surface area contributed by atoms with Crippen molar-refractivity contribution in [3.8, 4) is 5.75 Å². The van der Waals surface area contributed by atoms with E-state index in [0.717, 1.165) is 17.0 Å².